The number of halogens is 4. The van der Waals surface area contributed by atoms with Gasteiger partial charge in [-0.15, -0.1) is 0 Å². The van der Waals surface area contributed by atoms with E-state index in [1.54, 1.807) is 12.3 Å². The fourth-order valence-electron chi connectivity index (χ4n) is 1.66. The van der Waals surface area contributed by atoms with Crippen molar-refractivity contribution in [3.8, 4) is 0 Å². The molecule has 2 rings (SSSR count). The highest BCUT2D eigenvalue weighted by Gasteiger charge is 2.30. The van der Waals surface area contributed by atoms with E-state index in [0.717, 1.165) is 10.5 Å². The molecule has 0 fully saturated rings. The van der Waals surface area contributed by atoms with Gasteiger partial charge in [0.1, 0.15) is 6.67 Å². The van der Waals surface area contributed by atoms with Crippen molar-refractivity contribution < 1.29 is 13.2 Å². The summed E-state index contributed by atoms with van der Waals surface area (Å²) in [5, 5.41) is 0. The lowest BCUT2D eigenvalue weighted by Crippen LogP contribution is -2.20. The molecule has 0 saturated carbocycles. The van der Waals surface area contributed by atoms with Crippen LogP contribution in [0.15, 0.2) is 39.9 Å². The molecule has 6 heteroatoms. The monoisotopic (exact) mass is 318 g/mol. The van der Waals surface area contributed by atoms with Gasteiger partial charge in [-0.1, -0.05) is 12.1 Å². The number of aliphatic imine (C=N–C) groups is 1. The number of hydrogen-bond acceptors (Lipinski definition) is 2. The maximum absolute atomic E-state index is 12.6. The Bertz CT molecular complexity index is 494. The topological polar surface area (TPSA) is 15.6 Å². The number of allylic oxidation sites excluding steroid dienone is 1. The van der Waals surface area contributed by atoms with Crippen LogP contribution in [-0.2, 0) is 12.7 Å². The zero-order valence-corrected chi connectivity index (χ0v) is 10.9. The predicted octanol–water partition coefficient (Wildman–Crippen LogP) is 3.79. The minimum absolute atomic E-state index is 0.399. The molecule has 2 nitrogen and oxygen atoms in total. The highest BCUT2D eigenvalue weighted by atomic mass is 79.9. The first-order valence-electron chi connectivity index (χ1n) is 5.22. The van der Waals surface area contributed by atoms with Gasteiger partial charge in [-0.05, 0) is 33.6 Å². The molecule has 0 atom stereocenters. The van der Waals surface area contributed by atoms with Crippen molar-refractivity contribution >= 4 is 22.1 Å². The molecular weight excluding hydrogens is 309 g/mol. The van der Waals surface area contributed by atoms with Gasteiger partial charge in [0.2, 0.25) is 0 Å². The summed E-state index contributed by atoms with van der Waals surface area (Å²) in [6.45, 7) is 0.849. The molecule has 18 heavy (non-hydrogen) atoms. The third kappa shape index (κ3) is 3.35. The Morgan fingerprint density at radius 1 is 1.33 bits per heavy atom. The Morgan fingerprint density at radius 2 is 2.11 bits per heavy atom. The third-order valence-electron chi connectivity index (χ3n) is 2.42. The lowest BCUT2D eigenvalue weighted by Gasteiger charge is -2.21. The van der Waals surface area contributed by atoms with Gasteiger partial charge in [-0.2, -0.15) is 13.2 Å². The maximum atomic E-state index is 12.6. The van der Waals surface area contributed by atoms with E-state index in [0.29, 0.717) is 18.8 Å². The zero-order valence-electron chi connectivity index (χ0n) is 9.28. The van der Waals surface area contributed by atoms with Crippen LogP contribution in [-0.4, -0.2) is 17.8 Å². The van der Waals surface area contributed by atoms with Gasteiger partial charge in [0, 0.05) is 19.0 Å². The minimum atomic E-state index is -4.30. The predicted molar refractivity (Wildman–Crippen MR) is 67.4 cm³/mol. The third-order valence-corrected chi connectivity index (χ3v) is 2.83. The molecule has 0 amide bonds. The number of benzene rings is 1. The summed E-state index contributed by atoms with van der Waals surface area (Å²) in [7, 11) is 0. The first kappa shape index (κ1) is 13.1. The molecule has 0 radical (unpaired) electrons. The number of hydrogen-bond donors (Lipinski definition) is 0. The Labute approximate surface area is 111 Å². The summed E-state index contributed by atoms with van der Waals surface area (Å²) in [4.78, 5) is 5.90. The van der Waals surface area contributed by atoms with Crippen LogP contribution < -0.4 is 0 Å². The number of nitrogens with zero attached hydrogens (tertiary/aromatic N) is 2. The number of rotatable bonds is 2. The van der Waals surface area contributed by atoms with Gasteiger partial charge >= 0.3 is 6.18 Å². The summed E-state index contributed by atoms with van der Waals surface area (Å²) in [5.74, 6) is 0. The van der Waals surface area contributed by atoms with Crippen LogP contribution in [0.4, 0.5) is 13.2 Å². The van der Waals surface area contributed by atoms with Crippen molar-refractivity contribution in [1.29, 1.82) is 0 Å². The van der Waals surface area contributed by atoms with Gasteiger partial charge in [0.25, 0.3) is 0 Å². The fourth-order valence-corrected chi connectivity index (χ4v) is 2.09. The van der Waals surface area contributed by atoms with Crippen LogP contribution in [0.2, 0.25) is 0 Å². The lowest BCUT2D eigenvalue weighted by atomic mass is 10.1. The first-order valence-corrected chi connectivity index (χ1v) is 6.02. The lowest BCUT2D eigenvalue weighted by molar-refractivity contribution is -0.137. The van der Waals surface area contributed by atoms with E-state index >= 15 is 0 Å². The average Bonchev–Trinajstić information content (AvgIpc) is 2.28. The molecule has 0 saturated heterocycles. The SMILES string of the molecule is FC(F)(F)c1cccc(CN2C=C(Br)C=NC2)c1. The van der Waals surface area contributed by atoms with Gasteiger partial charge in [-0.3, -0.25) is 4.99 Å². The van der Waals surface area contributed by atoms with E-state index in [1.807, 2.05) is 11.1 Å². The van der Waals surface area contributed by atoms with E-state index in [-0.39, 0.29) is 0 Å². The van der Waals surface area contributed by atoms with Gasteiger partial charge < -0.3 is 4.90 Å². The smallest absolute Gasteiger partial charge is 0.353 e. The Kier molecular flexibility index (Phi) is 3.75. The quantitative estimate of drug-likeness (QED) is 0.810. The summed E-state index contributed by atoms with van der Waals surface area (Å²) in [5.41, 5.74) is -0.0120. The van der Waals surface area contributed by atoms with E-state index in [9.17, 15) is 13.2 Å². The van der Waals surface area contributed by atoms with Gasteiger partial charge in [0.15, 0.2) is 0 Å². The van der Waals surface area contributed by atoms with Crippen LogP contribution >= 0.6 is 15.9 Å². The van der Waals surface area contributed by atoms with Crippen molar-refractivity contribution in [3.63, 3.8) is 0 Å². The minimum Gasteiger partial charge on any atom is -0.353 e. The molecule has 96 valence electrons. The summed E-state index contributed by atoms with van der Waals surface area (Å²) in [6, 6.07) is 5.34. The molecule has 1 heterocycles. The zero-order chi connectivity index (χ0) is 13.2. The molecule has 1 aromatic carbocycles. The molecular formula is C12H10BrF3N2. The molecule has 0 aromatic heterocycles. The molecule has 1 aliphatic heterocycles. The van der Waals surface area contributed by atoms with Crippen LogP contribution in [0.3, 0.4) is 0 Å². The standard InChI is InChI=1S/C12H10BrF3N2/c13-11-5-17-8-18(7-11)6-9-2-1-3-10(4-9)12(14,15)16/h1-5,7H,6,8H2. The van der Waals surface area contributed by atoms with Crippen LogP contribution in [0, 0.1) is 0 Å². The number of alkyl halides is 3. The van der Waals surface area contributed by atoms with Crippen LogP contribution in [0.25, 0.3) is 0 Å². The van der Waals surface area contributed by atoms with Gasteiger partial charge in [0.05, 0.1) is 10.0 Å². The van der Waals surface area contributed by atoms with E-state index in [2.05, 4.69) is 20.9 Å². The van der Waals surface area contributed by atoms with Crippen LogP contribution in [0.5, 0.6) is 0 Å². The summed E-state index contributed by atoms with van der Waals surface area (Å²) < 4.78 is 38.5. The molecule has 0 unspecified atom stereocenters. The molecule has 0 N–H and O–H groups in total. The van der Waals surface area contributed by atoms with Gasteiger partial charge in [-0.25, -0.2) is 0 Å². The summed E-state index contributed by atoms with van der Waals surface area (Å²) >= 11 is 3.28. The van der Waals surface area contributed by atoms with Crippen molar-refractivity contribution in [2.75, 3.05) is 6.67 Å². The van der Waals surface area contributed by atoms with Crippen molar-refractivity contribution in [2.24, 2.45) is 4.99 Å². The van der Waals surface area contributed by atoms with E-state index in [4.69, 9.17) is 0 Å². The maximum Gasteiger partial charge on any atom is 0.416 e. The van der Waals surface area contributed by atoms with Crippen LogP contribution in [0.1, 0.15) is 11.1 Å². The van der Waals surface area contributed by atoms with E-state index < -0.39 is 11.7 Å². The Hall–Kier alpha value is -1.30. The highest BCUT2D eigenvalue weighted by molar-refractivity contribution is 9.12. The van der Waals surface area contributed by atoms with E-state index in [1.165, 1.54) is 12.1 Å². The molecule has 1 aliphatic rings. The Balaban J connectivity index is 2.13. The summed E-state index contributed by atoms with van der Waals surface area (Å²) in [6.07, 6.45) is -0.817. The van der Waals surface area contributed by atoms with Crippen molar-refractivity contribution in [3.05, 3.63) is 46.1 Å². The Morgan fingerprint density at radius 3 is 2.78 bits per heavy atom. The molecule has 0 aliphatic carbocycles. The first-order chi connectivity index (χ1) is 8.45. The highest BCUT2D eigenvalue weighted by Crippen LogP contribution is 2.29. The second-order valence-electron chi connectivity index (χ2n) is 3.91. The largest absolute Gasteiger partial charge is 0.416 e. The normalized spacial score (nSPS) is 15.8. The second-order valence-corrected chi connectivity index (χ2v) is 4.83. The van der Waals surface area contributed by atoms with Crippen molar-refractivity contribution in [2.45, 2.75) is 12.7 Å². The average molecular weight is 319 g/mol. The second kappa shape index (κ2) is 5.14. The molecule has 1 aromatic rings. The van der Waals surface area contributed by atoms with Crippen molar-refractivity contribution in [1.82, 2.24) is 4.90 Å². The fraction of sp³-hybridized carbons (Fsp3) is 0.250. The molecule has 0 spiro atoms. The molecule has 0 bridgehead atoms.